The summed E-state index contributed by atoms with van der Waals surface area (Å²) in [7, 11) is 2.22. The van der Waals surface area contributed by atoms with Gasteiger partial charge in [-0.1, -0.05) is 6.92 Å². The second-order valence-electron chi connectivity index (χ2n) is 6.00. The Hall–Kier alpha value is -0.120. The van der Waals surface area contributed by atoms with E-state index in [0.717, 1.165) is 18.4 Å². The Morgan fingerprint density at radius 1 is 1.38 bits per heavy atom. The maximum atomic E-state index is 6.01. The Bertz CT molecular complexity index is 231. The lowest BCUT2D eigenvalue weighted by atomic mass is 9.90. The van der Waals surface area contributed by atoms with Gasteiger partial charge in [-0.25, -0.2) is 0 Å². The number of rotatable bonds is 4. The average molecular weight is 225 g/mol. The molecule has 0 spiro atoms. The Morgan fingerprint density at radius 3 is 2.75 bits per heavy atom. The lowest BCUT2D eigenvalue weighted by Crippen LogP contribution is -2.52. The van der Waals surface area contributed by atoms with Crippen molar-refractivity contribution in [3.63, 3.8) is 0 Å². The van der Waals surface area contributed by atoms with Crippen molar-refractivity contribution in [2.45, 2.75) is 38.1 Å². The molecule has 1 heterocycles. The Morgan fingerprint density at radius 2 is 2.12 bits per heavy atom. The van der Waals surface area contributed by atoms with Crippen LogP contribution >= 0.6 is 0 Å². The van der Waals surface area contributed by atoms with E-state index in [1.165, 1.54) is 45.3 Å². The Kier molecular flexibility index (Phi) is 3.88. The molecule has 16 heavy (non-hydrogen) atoms. The van der Waals surface area contributed by atoms with E-state index in [2.05, 4.69) is 24.2 Å². The Balaban J connectivity index is 1.84. The zero-order valence-corrected chi connectivity index (χ0v) is 10.8. The number of hydrogen-bond donors (Lipinski definition) is 2. The summed E-state index contributed by atoms with van der Waals surface area (Å²) in [5.74, 6) is 1.86. The maximum Gasteiger partial charge on any atom is 0.0316 e. The average Bonchev–Trinajstić information content (AvgIpc) is 3.00. The van der Waals surface area contributed by atoms with Crippen LogP contribution in [0.15, 0.2) is 0 Å². The summed E-state index contributed by atoms with van der Waals surface area (Å²) in [5.41, 5.74) is 6.24. The predicted octanol–water partition coefficient (Wildman–Crippen LogP) is 1.05. The smallest absolute Gasteiger partial charge is 0.0316 e. The van der Waals surface area contributed by atoms with Crippen molar-refractivity contribution >= 4 is 0 Å². The van der Waals surface area contributed by atoms with E-state index in [0.29, 0.717) is 0 Å². The maximum absolute atomic E-state index is 6.01. The molecule has 0 amide bonds. The van der Waals surface area contributed by atoms with Gasteiger partial charge in [0.15, 0.2) is 0 Å². The molecule has 94 valence electrons. The van der Waals surface area contributed by atoms with Gasteiger partial charge in [-0.05, 0) is 64.2 Å². The number of hydrogen-bond acceptors (Lipinski definition) is 3. The second-order valence-corrected chi connectivity index (χ2v) is 6.00. The SMILES string of the molecule is CC1CC1CNC1(CN)CCCN(C)CC1. The van der Waals surface area contributed by atoms with Crippen molar-refractivity contribution in [1.82, 2.24) is 10.2 Å². The fraction of sp³-hybridized carbons (Fsp3) is 1.00. The summed E-state index contributed by atoms with van der Waals surface area (Å²) in [4.78, 5) is 2.43. The summed E-state index contributed by atoms with van der Waals surface area (Å²) < 4.78 is 0. The molecule has 3 nitrogen and oxygen atoms in total. The van der Waals surface area contributed by atoms with Gasteiger partial charge in [0.1, 0.15) is 0 Å². The van der Waals surface area contributed by atoms with Crippen LogP contribution in [0, 0.1) is 11.8 Å². The van der Waals surface area contributed by atoms with Crippen molar-refractivity contribution in [2.75, 3.05) is 33.2 Å². The van der Waals surface area contributed by atoms with Gasteiger partial charge in [-0.15, -0.1) is 0 Å². The first-order valence-electron chi connectivity index (χ1n) is 6.79. The third-order valence-corrected chi connectivity index (χ3v) is 4.57. The van der Waals surface area contributed by atoms with Gasteiger partial charge in [0.2, 0.25) is 0 Å². The van der Waals surface area contributed by atoms with Gasteiger partial charge in [-0.3, -0.25) is 0 Å². The van der Waals surface area contributed by atoms with Crippen LogP contribution in [-0.2, 0) is 0 Å². The highest BCUT2D eigenvalue weighted by atomic mass is 15.1. The van der Waals surface area contributed by atoms with Gasteiger partial charge in [-0.2, -0.15) is 0 Å². The number of nitrogens with one attached hydrogen (secondary N) is 1. The van der Waals surface area contributed by atoms with Crippen LogP contribution in [-0.4, -0.2) is 43.7 Å². The van der Waals surface area contributed by atoms with Crippen molar-refractivity contribution in [1.29, 1.82) is 0 Å². The molecule has 0 aromatic carbocycles. The second kappa shape index (κ2) is 5.03. The van der Waals surface area contributed by atoms with E-state index >= 15 is 0 Å². The molecule has 2 aliphatic rings. The molecule has 3 atom stereocenters. The molecule has 0 radical (unpaired) electrons. The zero-order chi connectivity index (χ0) is 11.6. The van der Waals surface area contributed by atoms with Gasteiger partial charge in [0.05, 0.1) is 0 Å². The standard InChI is InChI=1S/C13H27N3/c1-11-8-12(11)9-15-13(10-14)4-3-6-16(2)7-5-13/h11-12,15H,3-10,14H2,1-2H3. The first-order chi connectivity index (χ1) is 7.65. The van der Waals surface area contributed by atoms with Gasteiger partial charge in [0.25, 0.3) is 0 Å². The molecule has 2 fully saturated rings. The molecule has 3 unspecified atom stereocenters. The van der Waals surface area contributed by atoms with Crippen molar-refractivity contribution in [2.24, 2.45) is 17.6 Å². The van der Waals surface area contributed by atoms with Crippen molar-refractivity contribution in [3.8, 4) is 0 Å². The van der Waals surface area contributed by atoms with E-state index in [1.54, 1.807) is 0 Å². The molecule has 1 saturated heterocycles. The quantitative estimate of drug-likeness (QED) is 0.751. The normalized spacial score (nSPS) is 40.7. The van der Waals surface area contributed by atoms with E-state index in [9.17, 15) is 0 Å². The van der Waals surface area contributed by atoms with Crippen molar-refractivity contribution in [3.05, 3.63) is 0 Å². The van der Waals surface area contributed by atoms with Crippen LogP contribution in [0.4, 0.5) is 0 Å². The minimum atomic E-state index is 0.229. The highest BCUT2D eigenvalue weighted by molar-refractivity contribution is 4.95. The van der Waals surface area contributed by atoms with Gasteiger partial charge >= 0.3 is 0 Å². The summed E-state index contributed by atoms with van der Waals surface area (Å²) in [6, 6.07) is 0. The summed E-state index contributed by atoms with van der Waals surface area (Å²) >= 11 is 0. The van der Waals surface area contributed by atoms with Crippen LogP contribution in [0.2, 0.25) is 0 Å². The zero-order valence-electron chi connectivity index (χ0n) is 10.8. The van der Waals surface area contributed by atoms with Crippen LogP contribution < -0.4 is 11.1 Å². The molecule has 0 aromatic rings. The van der Waals surface area contributed by atoms with Crippen molar-refractivity contribution < 1.29 is 0 Å². The van der Waals surface area contributed by atoms with E-state index in [-0.39, 0.29) is 5.54 Å². The topological polar surface area (TPSA) is 41.3 Å². The van der Waals surface area contributed by atoms with E-state index in [4.69, 9.17) is 5.73 Å². The molecule has 0 bridgehead atoms. The molecule has 1 aliphatic carbocycles. The molecular formula is C13H27N3. The number of likely N-dealkylation sites (tertiary alicyclic amines) is 1. The minimum Gasteiger partial charge on any atom is -0.329 e. The molecule has 1 saturated carbocycles. The first-order valence-corrected chi connectivity index (χ1v) is 6.79. The van der Waals surface area contributed by atoms with Crippen LogP contribution in [0.25, 0.3) is 0 Å². The van der Waals surface area contributed by atoms with Gasteiger partial charge in [0, 0.05) is 12.1 Å². The highest BCUT2D eigenvalue weighted by Crippen LogP contribution is 2.37. The third kappa shape index (κ3) is 2.96. The van der Waals surface area contributed by atoms with Crippen LogP contribution in [0.5, 0.6) is 0 Å². The fourth-order valence-corrected chi connectivity index (χ4v) is 2.81. The summed E-state index contributed by atoms with van der Waals surface area (Å²) in [6.45, 7) is 6.74. The number of nitrogens with zero attached hydrogens (tertiary/aromatic N) is 1. The highest BCUT2D eigenvalue weighted by Gasteiger charge is 2.36. The van der Waals surface area contributed by atoms with Crippen LogP contribution in [0.1, 0.15) is 32.6 Å². The van der Waals surface area contributed by atoms with E-state index < -0.39 is 0 Å². The molecule has 2 rings (SSSR count). The summed E-state index contributed by atoms with van der Waals surface area (Å²) in [6.07, 6.45) is 5.14. The molecular weight excluding hydrogens is 198 g/mol. The molecule has 3 N–H and O–H groups in total. The molecule has 0 aromatic heterocycles. The Labute approximate surface area is 99.8 Å². The minimum absolute atomic E-state index is 0.229. The third-order valence-electron chi connectivity index (χ3n) is 4.57. The monoisotopic (exact) mass is 225 g/mol. The lowest BCUT2D eigenvalue weighted by molar-refractivity contribution is 0.278. The van der Waals surface area contributed by atoms with E-state index in [1.807, 2.05) is 0 Å². The largest absolute Gasteiger partial charge is 0.329 e. The van der Waals surface area contributed by atoms with Gasteiger partial charge < -0.3 is 16.0 Å². The molecule has 1 aliphatic heterocycles. The number of nitrogens with two attached hydrogens (primary N) is 1. The predicted molar refractivity (Wildman–Crippen MR) is 68.4 cm³/mol. The van der Waals surface area contributed by atoms with Crippen LogP contribution in [0.3, 0.4) is 0 Å². The summed E-state index contributed by atoms with van der Waals surface area (Å²) in [5, 5.41) is 3.79. The first kappa shape index (κ1) is 12.3. The fourth-order valence-electron chi connectivity index (χ4n) is 2.81. The lowest BCUT2D eigenvalue weighted by Gasteiger charge is -2.33. The molecule has 3 heteroatoms.